The zero-order valence-electron chi connectivity index (χ0n) is 8.87. The van der Waals surface area contributed by atoms with Gasteiger partial charge in [-0.2, -0.15) is 0 Å². The Bertz CT molecular complexity index is 347. The van der Waals surface area contributed by atoms with Crippen LogP contribution in [0.4, 0.5) is 0 Å². The highest BCUT2D eigenvalue weighted by Gasteiger charge is 2.22. The molecular formula is C12H16ClNO. The molecule has 15 heavy (non-hydrogen) atoms. The Hall–Kier alpha value is -0.730. The molecule has 2 N–H and O–H groups in total. The first-order valence-corrected chi connectivity index (χ1v) is 5.72. The van der Waals surface area contributed by atoms with Crippen molar-refractivity contribution in [1.29, 1.82) is 0 Å². The van der Waals surface area contributed by atoms with Gasteiger partial charge in [0.2, 0.25) is 0 Å². The van der Waals surface area contributed by atoms with E-state index in [2.05, 4.69) is 0 Å². The van der Waals surface area contributed by atoms with Gasteiger partial charge in [-0.05, 0) is 43.9 Å². The molecule has 0 spiro atoms. The van der Waals surface area contributed by atoms with Crippen molar-refractivity contribution >= 4 is 11.6 Å². The zero-order chi connectivity index (χ0) is 10.8. The van der Waals surface area contributed by atoms with E-state index in [1.165, 1.54) is 12.8 Å². The maximum atomic E-state index is 5.92. The van der Waals surface area contributed by atoms with Crippen molar-refractivity contribution in [2.45, 2.75) is 25.8 Å². The van der Waals surface area contributed by atoms with E-state index in [0.717, 1.165) is 23.8 Å². The lowest BCUT2D eigenvalue weighted by atomic mass is 10.1. The average molecular weight is 226 g/mol. The van der Waals surface area contributed by atoms with E-state index in [1.54, 1.807) is 0 Å². The second kappa shape index (κ2) is 4.42. The Morgan fingerprint density at radius 1 is 1.53 bits per heavy atom. The van der Waals surface area contributed by atoms with Crippen molar-refractivity contribution in [1.82, 2.24) is 0 Å². The van der Waals surface area contributed by atoms with Crippen LogP contribution in [0.5, 0.6) is 5.75 Å². The molecule has 0 aliphatic heterocycles. The topological polar surface area (TPSA) is 35.2 Å². The monoisotopic (exact) mass is 225 g/mol. The molecule has 1 atom stereocenters. The van der Waals surface area contributed by atoms with E-state index in [1.807, 2.05) is 25.1 Å². The van der Waals surface area contributed by atoms with Gasteiger partial charge in [-0.1, -0.05) is 11.6 Å². The van der Waals surface area contributed by atoms with Gasteiger partial charge in [0.25, 0.3) is 0 Å². The normalized spacial score (nSPS) is 17.5. The molecule has 1 saturated carbocycles. The summed E-state index contributed by atoms with van der Waals surface area (Å²) in [6.07, 6.45) is 2.59. The molecule has 1 aliphatic rings. The molecule has 0 amide bonds. The molecule has 0 aromatic heterocycles. The molecule has 0 radical (unpaired) electrons. The van der Waals surface area contributed by atoms with Crippen LogP contribution < -0.4 is 10.5 Å². The summed E-state index contributed by atoms with van der Waals surface area (Å²) in [6.45, 7) is 2.75. The van der Waals surface area contributed by atoms with Gasteiger partial charge in [-0.15, -0.1) is 0 Å². The van der Waals surface area contributed by atoms with Crippen molar-refractivity contribution in [2.75, 3.05) is 6.61 Å². The fourth-order valence-electron chi connectivity index (χ4n) is 1.50. The fourth-order valence-corrected chi connectivity index (χ4v) is 1.68. The predicted molar refractivity (Wildman–Crippen MR) is 62.3 cm³/mol. The summed E-state index contributed by atoms with van der Waals surface area (Å²) in [5, 5.41) is 0.709. The largest absolute Gasteiger partial charge is 0.493 e. The molecule has 0 heterocycles. The van der Waals surface area contributed by atoms with Gasteiger partial charge in [-0.3, -0.25) is 0 Å². The van der Waals surface area contributed by atoms with Crippen molar-refractivity contribution in [3.8, 4) is 5.75 Å². The summed E-state index contributed by atoms with van der Waals surface area (Å²) in [5.74, 6) is 1.63. The number of halogens is 1. The van der Waals surface area contributed by atoms with E-state index in [-0.39, 0.29) is 6.04 Å². The van der Waals surface area contributed by atoms with Crippen LogP contribution in [0.2, 0.25) is 5.02 Å². The second-order valence-electron chi connectivity index (χ2n) is 4.23. The maximum absolute atomic E-state index is 5.92. The lowest BCUT2D eigenvalue weighted by molar-refractivity contribution is 0.295. The molecule has 0 unspecified atom stereocenters. The van der Waals surface area contributed by atoms with Crippen LogP contribution in [0.25, 0.3) is 0 Å². The number of hydrogen-bond acceptors (Lipinski definition) is 2. The first-order valence-electron chi connectivity index (χ1n) is 5.34. The summed E-state index contributed by atoms with van der Waals surface area (Å²) in [5.41, 5.74) is 6.86. The van der Waals surface area contributed by atoms with E-state index in [0.29, 0.717) is 5.02 Å². The van der Waals surface area contributed by atoms with Crippen LogP contribution >= 0.6 is 11.6 Å². The molecule has 1 aromatic rings. The number of hydrogen-bond donors (Lipinski definition) is 1. The second-order valence-corrected chi connectivity index (χ2v) is 4.66. The van der Waals surface area contributed by atoms with Gasteiger partial charge in [0.1, 0.15) is 5.75 Å². The highest BCUT2D eigenvalue weighted by molar-refractivity contribution is 6.30. The van der Waals surface area contributed by atoms with E-state index in [9.17, 15) is 0 Å². The Balaban J connectivity index is 2.12. The summed E-state index contributed by atoms with van der Waals surface area (Å²) < 4.78 is 5.74. The van der Waals surface area contributed by atoms with Crippen LogP contribution in [0, 0.1) is 5.92 Å². The number of benzene rings is 1. The molecular weight excluding hydrogens is 210 g/mol. The van der Waals surface area contributed by atoms with Crippen molar-refractivity contribution in [3.63, 3.8) is 0 Å². The Morgan fingerprint density at radius 3 is 2.87 bits per heavy atom. The first-order chi connectivity index (χ1) is 7.16. The summed E-state index contributed by atoms with van der Waals surface area (Å²) in [7, 11) is 0. The molecule has 2 rings (SSSR count). The molecule has 1 fully saturated rings. The van der Waals surface area contributed by atoms with Crippen molar-refractivity contribution < 1.29 is 4.74 Å². The fraction of sp³-hybridized carbons (Fsp3) is 0.500. The molecule has 82 valence electrons. The standard InChI is InChI=1S/C12H16ClNO/c1-8(14)11-6-10(13)4-5-12(11)15-7-9-2-3-9/h4-6,8-9H,2-3,7,14H2,1H3/t8-/m1/s1. The number of nitrogens with two attached hydrogens (primary N) is 1. The molecule has 0 saturated heterocycles. The van der Waals surface area contributed by atoms with Crippen LogP contribution in [-0.2, 0) is 0 Å². The quantitative estimate of drug-likeness (QED) is 0.855. The van der Waals surface area contributed by atoms with Crippen LogP contribution in [0.15, 0.2) is 18.2 Å². The summed E-state index contributed by atoms with van der Waals surface area (Å²) in [4.78, 5) is 0. The van der Waals surface area contributed by atoms with Gasteiger partial charge < -0.3 is 10.5 Å². The Morgan fingerprint density at radius 2 is 2.27 bits per heavy atom. The minimum absolute atomic E-state index is 0.0436. The molecule has 2 nitrogen and oxygen atoms in total. The third kappa shape index (κ3) is 2.86. The van der Waals surface area contributed by atoms with Crippen molar-refractivity contribution in [3.05, 3.63) is 28.8 Å². The third-order valence-electron chi connectivity index (χ3n) is 2.63. The lowest BCUT2D eigenvalue weighted by Crippen LogP contribution is -2.09. The molecule has 0 bridgehead atoms. The number of rotatable bonds is 4. The molecule has 1 aliphatic carbocycles. The molecule has 3 heteroatoms. The van der Waals surface area contributed by atoms with Gasteiger partial charge in [0, 0.05) is 16.6 Å². The summed E-state index contributed by atoms with van der Waals surface area (Å²) >= 11 is 5.92. The van der Waals surface area contributed by atoms with E-state index < -0.39 is 0 Å². The van der Waals surface area contributed by atoms with Gasteiger partial charge in [-0.25, -0.2) is 0 Å². The summed E-state index contributed by atoms with van der Waals surface area (Å²) in [6, 6.07) is 5.59. The molecule has 1 aromatic carbocycles. The maximum Gasteiger partial charge on any atom is 0.124 e. The smallest absolute Gasteiger partial charge is 0.124 e. The van der Waals surface area contributed by atoms with E-state index in [4.69, 9.17) is 22.1 Å². The predicted octanol–water partition coefficient (Wildman–Crippen LogP) is 3.15. The van der Waals surface area contributed by atoms with Crippen LogP contribution in [0.3, 0.4) is 0 Å². The SMILES string of the molecule is C[C@@H](N)c1cc(Cl)ccc1OCC1CC1. The Labute approximate surface area is 95.4 Å². The van der Waals surface area contributed by atoms with Gasteiger partial charge in [0.15, 0.2) is 0 Å². The lowest BCUT2D eigenvalue weighted by Gasteiger charge is -2.14. The average Bonchev–Trinajstić information content (AvgIpc) is 2.99. The minimum Gasteiger partial charge on any atom is -0.493 e. The van der Waals surface area contributed by atoms with Gasteiger partial charge >= 0.3 is 0 Å². The van der Waals surface area contributed by atoms with Crippen LogP contribution in [-0.4, -0.2) is 6.61 Å². The highest BCUT2D eigenvalue weighted by atomic mass is 35.5. The van der Waals surface area contributed by atoms with E-state index >= 15 is 0 Å². The minimum atomic E-state index is -0.0436. The van der Waals surface area contributed by atoms with Crippen LogP contribution in [0.1, 0.15) is 31.4 Å². The zero-order valence-corrected chi connectivity index (χ0v) is 9.63. The number of ether oxygens (including phenoxy) is 1. The third-order valence-corrected chi connectivity index (χ3v) is 2.87. The first kappa shape index (κ1) is 10.8. The van der Waals surface area contributed by atoms with Gasteiger partial charge in [0.05, 0.1) is 6.61 Å². The van der Waals surface area contributed by atoms with Crippen molar-refractivity contribution in [2.24, 2.45) is 11.7 Å². The highest BCUT2D eigenvalue weighted by Crippen LogP contribution is 2.32. The Kier molecular flexibility index (Phi) is 3.17.